The Kier molecular flexibility index (Phi) is 6.97. The maximum absolute atomic E-state index is 13.7. The molecule has 0 bridgehead atoms. The number of thiazole rings is 1. The van der Waals surface area contributed by atoms with E-state index in [1.165, 1.54) is 22.8 Å². The van der Waals surface area contributed by atoms with Gasteiger partial charge in [0.1, 0.15) is 17.5 Å². The van der Waals surface area contributed by atoms with Gasteiger partial charge in [-0.1, -0.05) is 41.7 Å². The number of esters is 2. The molecule has 8 nitrogen and oxygen atoms in total. The second kappa shape index (κ2) is 10.1. The summed E-state index contributed by atoms with van der Waals surface area (Å²) in [5.41, 5.74) is 1.79. The summed E-state index contributed by atoms with van der Waals surface area (Å²) >= 11 is 1.21. The summed E-state index contributed by atoms with van der Waals surface area (Å²) in [6.07, 6.45) is 1.71. The third kappa shape index (κ3) is 4.81. The van der Waals surface area contributed by atoms with Crippen molar-refractivity contribution in [2.24, 2.45) is 4.99 Å². The normalized spacial score (nSPS) is 15.3. The Balaban J connectivity index is 1.93. The van der Waals surface area contributed by atoms with E-state index in [0.717, 1.165) is 0 Å². The minimum Gasteiger partial charge on any atom is -0.496 e. The van der Waals surface area contributed by atoms with Crippen molar-refractivity contribution in [1.29, 1.82) is 0 Å². The maximum Gasteiger partial charge on any atom is 0.338 e. The maximum atomic E-state index is 13.7. The van der Waals surface area contributed by atoms with E-state index in [0.29, 0.717) is 37.7 Å². The van der Waals surface area contributed by atoms with Gasteiger partial charge >= 0.3 is 11.9 Å². The molecule has 0 saturated heterocycles. The van der Waals surface area contributed by atoms with Gasteiger partial charge in [-0.2, -0.15) is 0 Å². The number of aromatic nitrogens is 1. The molecule has 0 amide bonds. The SMILES string of the molecule is CCOC(=O)C1=C(C)N=c2s/c(=C\c3cccc(OC(C)=O)c3)c(=O)n2[C@@H]1c1ccccc1OC. The van der Waals surface area contributed by atoms with Crippen molar-refractivity contribution in [3.63, 3.8) is 0 Å². The van der Waals surface area contributed by atoms with Crippen molar-refractivity contribution in [2.45, 2.75) is 26.8 Å². The highest BCUT2D eigenvalue weighted by atomic mass is 32.1. The minimum atomic E-state index is -0.768. The number of hydrogen-bond donors (Lipinski definition) is 0. The molecule has 0 N–H and O–H groups in total. The summed E-state index contributed by atoms with van der Waals surface area (Å²) in [7, 11) is 1.54. The van der Waals surface area contributed by atoms with Crippen LogP contribution in [0.4, 0.5) is 0 Å². The first-order chi connectivity index (χ1) is 16.8. The van der Waals surface area contributed by atoms with Gasteiger partial charge in [-0.25, -0.2) is 9.79 Å². The number of rotatable bonds is 6. The predicted octanol–water partition coefficient (Wildman–Crippen LogP) is 2.73. The highest BCUT2D eigenvalue weighted by Gasteiger charge is 2.34. The second-order valence-electron chi connectivity index (χ2n) is 7.71. The molecule has 4 rings (SSSR count). The number of carbonyl (C=O) groups excluding carboxylic acids is 2. The van der Waals surface area contributed by atoms with E-state index in [9.17, 15) is 14.4 Å². The van der Waals surface area contributed by atoms with Crippen LogP contribution < -0.4 is 24.4 Å². The molecule has 0 unspecified atom stereocenters. The van der Waals surface area contributed by atoms with Crippen molar-refractivity contribution < 1.29 is 23.8 Å². The fourth-order valence-corrected chi connectivity index (χ4v) is 5.01. The second-order valence-corrected chi connectivity index (χ2v) is 8.72. The number of allylic oxidation sites excluding steroid dienone is 1. The van der Waals surface area contributed by atoms with Gasteiger partial charge in [-0.3, -0.25) is 14.2 Å². The highest BCUT2D eigenvalue weighted by Crippen LogP contribution is 2.35. The van der Waals surface area contributed by atoms with E-state index in [-0.39, 0.29) is 17.7 Å². The molecule has 0 spiro atoms. The van der Waals surface area contributed by atoms with Crippen LogP contribution in [0.5, 0.6) is 11.5 Å². The van der Waals surface area contributed by atoms with Gasteiger partial charge in [0.05, 0.1) is 29.5 Å². The van der Waals surface area contributed by atoms with E-state index in [2.05, 4.69) is 4.99 Å². The van der Waals surface area contributed by atoms with Gasteiger partial charge in [-0.05, 0) is 43.7 Å². The van der Waals surface area contributed by atoms with Gasteiger partial charge < -0.3 is 14.2 Å². The van der Waals surface area contributed by atoms with Crippen LogP contribution in [0.2, 0.25) is 0 Å². The average Bonchev–Trinajstić information content (AvgIpc) is 3.12. The molecule has 180 valence electrons. The van der Waals surface area contributed by atoms with Crippen LogP contribution in [0.3, 0.4) is 0 Å². The van der Waals surface area contributed by atoms with Crippen molar-refractivity contribution >= 4 is 29.4 Å². The zero-order valence-corrected chi connectivity index (χ0v) is 20.5. The van der Waals surface area contributed by atoms with Crippen LogP contribution in [0, 0.1) is 0 Å². The first kappa shape index (κ1) is 24.2. The standard InChI is InChI=1S/C26H24N2O6S/c1-5-33-25(31)22-15(2)27-26-28(23(22)19-11-6-7-12-20(19)32-4)24(30)21(35-26)14-17-9-8-10-18(13-17)34-16(3)29/h6-14,23H,5H2,1-4H3/b21-14-/t23-/m1/s1. The molecule has 2 aromatic carbocycles. The van der Waals surface area contributed by atoms with E-state index in [4.69, 9.17) is 14.2 Å². The minimum absolute atomic E-state index is 0.192. The quantitative estimate of drug-likeness (QED) is 0.388. The summed E-state index contributed by atoms with van der Waals surface area (Å²) in [6, 6.07) is 13.4. The molecule has 1 atom stereocenters. The van der Waals surface area contributed by atoms with Crippen molar-refractivity contribution in [3.8, 4) is 11.5 Å². The highest BCUT2D eigenvalue weighted by molar-refractivity contribution is 7.07. The third-order valence-corrected chi connectivity index (χ3v) is 6.35. The molecule has 1 aromatic heterocycles. The van der Waals surface area contributed by atoms with E-state index >= 15 is 0 Å². The Morgan fingerprint density at radius 2 is 1.94 bits per heavy atom. The van der Waals surface area contributed by atoms with Crippen LogP contribution in [0.25, 0.3) is 6.08 Å². The van der Waals surface area contributed by atoms with Crippen LogP contribution in [0.15, 0.2) is 69.6 Å². The molecule has 35 heavy (non-hydrogen) atoms. The number of hydrogen-bond acceptors (Lipinski definition) is 8. The number of methoxy groups -OCH3 is 1. The molecule has 1 aliphatic rings. The lowest BCUT2D eigenvalue weighted by molar-refractivity contribution is -0.139. The molecule has 1 aliphatic heterocycles. The Morgan fingerprint density at radius 3 is 2.66 bits per heavy atom. The lowest BCUT2D eigenvalue weighted by Gasteiger charge is -2.25. The molecule has 9 heteroatoms. The average molecular weight is 493 g/mol. The number of nitrogens with zero attached hydrogens (tertiary/aromatic N) is 2. The Hall–Kier alpha value is -3.98. The topological polar surface area (TPSA) is 96.2 Å². The van der Waals surface area contributed by atoms with Crippen molar-refractivity contribution in [3.05, 3.63) is 90.6 Å². The number of ether oxygens (including phenoxy) is 3. The first-order valence-corrected chi connectivity index (χ1v) is 11.8. The van der Waals surface area contributed by atoms with Crippen LogP contribution in [-0.4, -0.2) is 30.2 Å². The molecule has 0 fully saturated rings. The summed E-state index contributed by atoms with van der Waals surface area (Å²) in [5, 5.41) is 0. The van der Waals surface area contributed by atoms with Gasteiger partial charge in [0.15, 0.2) is 4.80 Å². The van der Waals surface area contributed by atoms with Crippen LogP contribution in [0.1, 0.15) is 37.9 Å². The van der Waals surface area contributed by atoms with Gasteiger partial charge in [0, 0.05) is 12.5 Å². The predicted molar refractivity (Wildman–Crippen MR) is 131 cm³/mol. The van der Waals surface area contributed by atoms with E-state index in [1.807, 2.05) is 18.2 Å². The van der Waals surface area contributed by atoms with Crippen LogP contribution in [-0.2, 0) is 14.3 Å². The molecule has 3 aromatic rings. The van der Waals surface area contributed by atoms with Crippen LogP contribution >= 0.6 is 11.3 Å². The van der Waals surface area contributed by atoms with E-state index < -0.39 is 18.0 Å². The molecular formula is C26H24N2O6S. The number of para-hydroxylation sites is 1. The smallest absolute Gasteiger partial charge is 0.338 e. The number of carbonyl (C=O) groups is 2. The van der Waals surface area contributed by atoms with Gasteiger partial charge in [-0.15, -0.1) is 0 Å². The molecule has 2 heterocycles. The fraction of sp³-hybridized carbons (Fsp3) is 0.231. The van der Waals surface area contributed by atoms with E-state index in [1.54, 1.807) is 57.4 Å². The first-order valence-electron chi connectivity index (χ1n) is 10.9. The lowest BCUT2D eigenvalue weighted by atomic mass is 9.95. The fourth-order valence-electron chi connectivity index (χ4n) is 3.96. The van der Waals surface area contributed by atoms with Gasteiger partial charge in [0.2, 0.25) is 0 Å². The number of fused-ring (bicyclic) bond motifs is 1. The number of benzene rings is 2. The third-order valence-electron chi connectivity index (χ3n) is 5.37. The van der Waals surface area contributed by atoms with Crippen molar-refractivity contribution in [2.75, 3.05) is 13.7 Å². The van der Waals surface area contributed by atoms with Gasteiger partial charge in [0.25, 0.3) is 5.56 Å². The summed E-state index contributed by atoms with van der Waals surface area (Å²) in [5.74, 6) is -0.0441. The molecular weight excluding hydrogens is 468 g/mol. The Labute approximate surface area is 205 Å². The molecule has 0 saturated carbocycles. The summed E-state index contributed by atoms with van der Waals surface area (Å²) in [6.45, 7) is 4.98. The zero-order chi connectivity index (χ0) is 25.1. The Morgan fingerprint density at radius 1 is 1.17 bits per heavy atom. The lowest BCUT2D eigenvalue weighted by Crippen LogP contribution is -2.40. The molecule has 0 radical (unpaired) electrons. The zero-order valence-electron chi connectivity index (χ0n) is 19.7. The largest absolute Gasteiger partial charge is 0.496 e. The monoisotopic (exact) mass is 492 g/mol. The van der Waals surface area contributed by atoms with Crippen molar-refractivity contribution in [1.82, 2.24) is 4.57 Å². The summed E-state index contributed by atoms with van der Waals surface area (Å²) in [4.78, 5) is 43.0. The Bertz CT molecular complexity index is 1520. The molecule has 0 aliphatic carbocycles. The summed E-state index contributed by atoms with van der Waals surface area (Å²) < 4.78 is 18.0.